The monoisotopic (exact) mass is 413 g/mol. The van der Waals surface area contributed by atoms with Crippen LogP contribution in [0.25, 0.3) is 22.4 Å². The van der Waals surface area contributed by atoms with Crippen LogP contribution in [0.15, 0.2) is 64.4 Å². The molecule has 0 atom stereocenters. The van der Waals surface area contributed by atoms with Crippen LogP contribution in [0.3, 0.4) is 0 Å². The predicted octanol–water partition coefficient (Wildman–Crippen LogP) is 2.55. The van der Waals surface area contributed by atoms with Crippen molar-refractivity contribution >= 4 is 28.3 Å². The van der Waals surface area contributed by atoms with Crippen LogP contribution in [0.5, 0.6) is 0 Å². The standard InChI is InChI=1S/C21H15N7O3/c29-18-7-8-22-20-17(2-1-9-27(18)20)28-19(12-3-4-12)14(11-23-28)21(30)24-13-5-6-15-16(10-13)26-31-25-15/h1-2,5-12H,3-4H2,(H,24,30). The Morgan fingerprint density at radius 3 is 2.87 bits per heavy atom. The Morgan fingerprint density at radius 2 is 2.00 bits per heavy atom. The van der Waals surface area contributed by atoms with E-state index in [1.165, 1.54) is 16.7 Å². The van der Waals surface area contributed by atoms with Crippen LogP contribution in [0, 0.1) is 0 Å². The van der Waals surface area contributed by atoms with Crippen molar-refractivity contribution < 1.29 is 9.42 Å². The van der Waals surface area contributed by atoms with Crippen molar-refractivity contribution in [3.05, 3.63) is 76.6 Å². The fourth-order valence-electron chi connectivity index (χ4n) is 3.74. The molecule has 152 valence electrons. The van der Waals surface area contributed by atoms with Crippen molar-refractivity contribution in [1.82, 2.24) is 29.5 Å². The molecule has 0 unspecified atom stereocenters. The fourth-order valence-corrected chi connectivity index (χ4v) is 3.74. The summed E-state index contributed by atoms with van der Waals surface area (Å²) in [6.07, 6.45) is 6.64. The highest BCUT2D eigenvalue weighted by Gasteiger charge is 2.33. The van der Waals surface area contributed by atoms with Crippen molar-refractivity contribution in [3.63, 3.8) is 0 Å². The van der Waals surface area contributed by atoms with Gasteiger partial charge in [-0.05, 0) is 53.5 Å². The van der Waals surface area contributed by atoms with Gasteiger partial charge in [0.15, 0.2) is 5.65 Å². The van der Waals surface area contributed by atoms with Gasteiger partial charge in [0.1, 0.15) is 16.7 Å². The molecule has 0 spiro atoms. The van der Waals surface area contributed by atoms with E-state index in [1.54, 1.807) is 41.3 Å². The number of pyridine rings is 1. The van der Waals surface area contributed by atoms with Crippen LogP contribution >= 0.6 is 0 Å². The first kappa shape index (κ1) is 17.5. The van der Waals surface area contributed by atoms with E-state index >= 15 is 0 Å². The Balaban J connectivity index is 1.43. The second-order valence-electron chi connectivity index (χ2n) is 7.42. The molecule has 1 amide bonds. The van der Waals surface area contributed by atoms with Gasteiger partial charge in [0.05, 0.1) is 17.5 Å². The van der Waals surface area contributed by atoms with E-state index < -0.39 is 0 Å². The lowest BCUT2D eigenvalue weighted by Crippen LogP contribution is -2.16. The third-order valence-corrected chi connectivity index (χ3v) is 5.35. The highest BCUT2D eigenvalue weighted by molar-refractivity contribution is 6.05. The third kappa shape index (κ3) is 2.88. The molecule has 10 heteroatoms. The van der Waals surface area contributed by atoms with E-state index in [0.29, 0.717) is 33.6 Å². The number of nitrogens with zero attached hydrogens (tertiary/aromatic N) is 6. The lowest BCUT2D eigenvalue weighted by atomic mass is 10.1. The summed E-state index contributed by atoms with van der Waals surface area (Å²) in [4.78, 5) is 29.7. The summed E-state index contributed by atoms with van der Waals surface area (Å²) in [7, 11) is 0. The second-order valence-corrected chi connectivity index (χ2v) is 7.42. The van der Waals surface area contributed by atoms with Gasteiger partial charge in [-0.25, -0.2) is 14.3 Å². The van der Waals surface area contributed by atoms with E-state index in [0.717, 1.165) is 18.5 Å². The fraction of sp³-hybridized carbons (Fsp3) is 0.143. The van der Waals surface area contributed by atoms with Gasteiger partial charge in [-0.2, -0.15) is 5.10 Å². The van der Waals surface area contributed by atoms with Crippen LogP contribution in [0.2, 0.25) is 0 Å². The summed E-state index contributed by atoms with van der Waals surface area (Å²) in [6, 6.07) is 10.2. The molecular formula is C21H15N7O3. The van der Waals surface area contributed by atoms with Crippen LogP contribution in [-0.2, 0) is 0 Å². The van der Waals surface area contributed by atoms with Crippen molar-refractivity contribution in [3.8, 4) is 5.69 Å². The first-order valence-electron chi connectivity index (χ1n) is 9.77. The van der Waals surface area contributed by atoms with Gasteiger partial charge in [-0.3, -0.25) is 14.0 Å². The maximum atomic E-state index is 13.1. The molecular weight excluding hydrogens is 398 g/mol. The molecule has 0 aliphatic heterocycles. The minimum absolute atomic E-state index is 0.178. The lowest BCUT2D eigenvalue weighted by Gasteiger charge is -2.11. The van der Waals surface area contributed by atoms with Crippen molar-refractivity contribution in [2.75, 3.05) is 5.32 Å². The van der Waals surface area contributed by atoms with Crippen LogP contribution in [0.4, 0.5) is 5.69 Å². The van der Waals surface area contributed by atoms with E-state index in [2.05, 4.69) is 25.7 Å². The van der Waals surface area contributed by atoms with Gasteiger partial charge in [0.25, 0.3) is 11.5 Å². The Hall–Kier alpha value is -4.34. The molecule has 10 nitrogen and oxygen atoms in total. The molecule has 5 aromatic rings. The molecule has 6 rings (SSSR count). The summed E-state index contributed by atoms with van der Waals surface area (Å²) in [5.41, 5.74) is 4.01. The lowest BCUT2D eigenvalue weighted by molar-refractivity contribution is 0.102. The van der Waals surface area contributed by atoms with Crippen LogP contribution < -0.4 is 10.9 Å². The van der Waals surface area contributed by atoms with E-state index in [4.69, 9.17) is 4.63 Å². The summed E-state index contributed by atoms with van der Waals surface area (Å²) >= 11 is 0. The molecule has 4 aromatic heterocycles. The van der Waals surface area contributed by atoms with E-state index in [-0.39, 0.29) is 17.4 Å². The zero-order chi connectivity index (χ0) is 20.9. The predicted molar refractivity (Wildman–Crippen MR) is 110 cm³/mol. The number of amides is 1. The molecule has 1 N–H and O–H groups in total. The van der Waals surface area contributed by atoms with Crippen molar-refractivity contribution in [2.45, 2.75) is 18.8 Å². The molecule has 1 fully saturated rings. The topological polar surface area (TPSA) is 120 Å². The highest BCUT2D eigenvalue weighted by atomic mass is 16.6. The Labute approximate surface area is 174 Å². The van der Waals surface area contributed by atoms with Crippen molar-refractivity contribution in [1.29, 1.82) is 0 Å². The van der Waals surface area contributed by atoms with Crippen LogP contribution in [-0.4, -0.2) is 35.4 Å². The van der Waals surface area contributed by atoms with Gasteiger partial charge < -0.3 is 5.32 Å². The summed E-state index contributed by atoms with van der Waals surface area (Å²) < 4.78 is 7.90. The number of hydrogen-bond donors (Lipinski definition) is 1. The molecule has 0 bridgehead atoms. The first-order valence-corrected chi connectivity index (χ1v) is 9.77. The number of nitrogens with one attached hydrogen (secondary N) is 1. The van der Waals surface area contributed by atoms with Gasteiger partial charge in [0.2, 0.25) is 0 Å². The molecule has 1 saturated carbocycles. The molecule has 31 heavy (non-hydrogen) atoms. The second kappa shape index (κ2) is 6.59. The quantitative estimate of drug-likeness (QED) is 0.481. The SMILES string of the molecule is O=C(Nc1ccc2nonc2c1)c1cnn(-c2cccn3c(=O)ccnc23)c1C1CC1. The zero-order valence-corrected chi connectivity index (χ0v) is 16.1. The summed E-state index contributed by atoms with van der Waals surface area (Å²) in [6.45, 7) is 0. The molecule has 0 saturated heterocycles. The number of rotatable bonds is 4. The van der Waals surface area contributed by atoms with Gasteiger partial charge >= 0.3 is 0 Å². The number of carbonyl (C=O) groups excluding carboxylic acids is 1. The van der Waals surface area contributed by atoms with E-state index in [9.17, 15) is 9.59 Å². The normalized spacial score (nSPS) is 13.7. The smallest absolute Gasteiger partial charge is 0.259 e. The summed E-state index contributed by atoms with van der Waals surface area (Å²) in [5, 5.41) is 15.0. The maximum Gasteiger partial charge on any atom is 0.259 e. The van der Waals surface area contributed by atoms with Gasteiger partial charge in [-0.1, -0.05) is 0 Å². The Kier molecular flexibility index (Phi) is 3.72. The number of benzene rings is 1. The zero-order valence-electron chi connectivity index (χ0n) is 16.1. The Morgan fingerprint density at radius 1 is 1.13 bits per heavy atom. The minimum atomic E-state index is -0.269. The summed E-state index contributed by atoms with van der Waals surface area (Å²) in [5.74, 6) is -0.0459. The Bertz CT molecular complexity index is 1530. The number of carbonyl (C=O) groups is 1. The van der Waals surface area contributed by atoms with Gasteiger partial charge in [0, 0.05) is 30.1 Å². The molecule has 1 aliphatic carbocycles. The molecule has 0 radical (unpaired) electrons. The number of aromatic nitrogens is 6. The average molecular weight is 413 g/mol. The minimum Gasteiger partial charge on any atom is -0.322 e. The third-order valence-electron chi connectivity index (χ3n) is 5.35. The average Bonchev–Trinajstić information content (AvgIpc) is 3.34. The van der Waals surface area contributed by atoms with Gasteiger partial charge in [-0.15, -0.1) is 0 Å². The molecule has 1 aliphatic rings. The largest absolute Gasteiger partial charge is 0.322 e. The van der Waals surface area contributed by atoms with Crippen LogP contribution in [0.1, 0.15) is 34.8 Å². The number of fused-ring (bicyclic) bond motifs is 2. The van der Waals surface area contributed by atoms with E-state index in [1.807, 2.05) is 6.07 Å². The van der Waals surface area contributed by atoms with Crippen molar-refractivity contribution in [2.24, 2.45) is 0 Å². The molecule has 4 heterocycles. The highest BCUT2D eigenvalue weighted by Crippen LogP contribution is 2.42. The first-order chi connectivity index (χ1) is 15.2. The maximum absolute atomic E-state index is 13.1. The number of anilines is 1. The number of hydrogen-bond acceptors (Lipinski definition) is 7. The molecule has 1 aromatic carbocycles.